The zero-order chi connectivity index (χ0) is 23.0. The van der Waals surface area contributed by atoms with Gasteiger partial charge in [0.2, 0.25) is 11.8 Å². The summed E-state index contributed by atoms with van der Waals surface area (Å²) in [4.78, 5) is 36.8. The lowest BCUT2D eigenvalue weighted by molar-refractivity contribution is -0.138. The highest BCUT2D eigenvalue weighted by Crippen LogP contribution is 2.33. The molecule has 0 bridgehead atoms. The molecular formula is C22H26BrN7O2. The highest BCUT2D eigenvalue weighted by Gasteiger charge is 2.44. The van der Waals surface area contributed by atoms with Gasteiger partial charge >= 0.3 is 0 Å². The summed E-state index contributed by atoms with van der Waals surface area (Å²) < 4.78 is 2.27. The van der Waals surface area contributed by atoms with Crippen molar-refractivity contribution in [2.75, 3.05) is 11.1 Å². The third-order valence-corrected chi connectivity index (χ3v) is 6.59. The van der Waals surface area contributed by atoms with Crippen LogP contribution >= 0.6 is 15.9 Å². The number of likely N-dealkylation sites (tertiary alicyclic amines) is 1. The van der Waals surface area contributed by atoms with Crippen molar-refractivity contribution >= 4 is 44.9 Å². The number of hydrogen-bond donors (Lipinski definition) is 2. The third kappa shape index (κ3) is 4.06. The molecule has 32 heavy (non-hydrogen) atoms. The van der Waals surface area contributed by atoms with Gasteiger partial charge < -0.3 is 16.0 Å². The van der Waals surface area contributed by atoms with Gasteiger partial charge in [-0.2, -0.15) is 5.10 Å². The molecule has 4 heterocycles. The van der Waals surface area contributed by atoms with Crippen molar-refractivity contribution in [3.05, 3.63) is 46.5 Å². The molecular weight excluding hydrogens is 474 g/mol. The average Bonchev–Trinajstić information content (AvgIpc) is 3.32. The summed E-state index contributed by atoms with van der Waals surface area (Å²) in [6, 6.07) is 6.75. The van der Waals surface area contributed by atoms with E-state index in [1.165, 1.54) is 6.33 Å². The van der Waals surface area contributed by atoms with Crippen molar-refractivity contribution in [3.63, 3.8) is 0 Å². The van der Waals surface area contributed by atoms with Crippen molar-refractivity contribution in [1.82, 2.24) is 24.5 Å². The Morgan fingerprint density at radius 2 is 2.06 bits per heavy atom. The fourth-order valence-electron chi connectivity index (χ4n) is 4.54. The number of carbonyl (C=O) groups excluding carboxylic acids is 2. The SMILES string of the molecule is CC[C@@H]1[C@@H](C)C[C@@H](C(=O)Nc2nc(Br)ccc2C)N1C(=O)Cc1ccc2c(N)ncnn12. The maximum absolute atomic E-state index is 13.5. The molecule has 1 aliphatic rings. The van der Waals surface area contributed by atoms with Crippen molar-refractivity contribution in [2.24, 2.45) is 5.92 Å². The zero-order valence-corrected chi connectivity index (χ0v) is 19.8. The summed E-state index contributed by atoms with van der Waals surface area (Å²) in [6.45, 7) is 6.02. The first-order valence-electron chi connectivity index (χ1n) is 10.6. The van der Waals surface area contributed by atoms with Crippen LogP contribution < -0.4 is 11.1 Å². The van der Waals surface area contributed by atoms with Gasteiger partial charge in [-0.15, -0.1) is 0 Å². The highest BCUT2D eigenvalue weighted by atomic mass is 79.9. The van der Waals surface area contributed by atoms with Crippen LogP contribution in [0.2, 0.25) is 0 Å². The predicted molar refractivity (Wildman–Crippen MR) is 125 cm³/mol. The number of amides is 2. The van der Waals surface area contributed by atoms with Crippen LogP contribution in [0.15, 0.2) is 35.2 Å². The average molecular weight is 500 g/mol. The molecule has 10 heteroatoms. The van der Waals surface area contributed by atoms with Crippen LogP contribution in [0.4, 0.5) is 11.6 Å². The monoisotopic (exact) mass is 499 g/mol. The Morgan fingerprint density at radius 1 is 1.28 bits per heavy atom. The molecule has 0 radical (unpaired) electrons. The van der Waals surface area contributed by atoms with E-state index >= 15 is 0 Å². The first-order chi connectivity index (χ1) is 15.3. The minimum Gasteiger partial charge on any atom is -0.382 e. The second-order valence-corrected chi connectivity index (χ2v) is 9.05. The van der Waals surface area contributed by atoms with E-state index in [9.17, 15) is 9.59 Å². The summed E-state index contributed by atoms with van der Waals surface area (Å²) >= 11 is 3.34. The minimum absolute atomic E-state index is 0.0132. The number of aromatic nitrogens is 4. The number of fused-ring (bicyclic) bond motifs is 1. The van der Waals surface area contributed by atoms with E-state index in [1.807, 2.05) is 32.0 Å². The van der Waals surface area contributed by atoms with Crippen LogP contribution in [0.25, 0.3) is 5.52 Å². The third-order valence-electron chi connectivity index (χ3n) is 6.15. The maximum atomic E-state index is 13.5. The Labute approximate surface area is 194 Å². The first-order valence-corrected chi connectivity index (χ1v) is 11.4. The molecule has 0 saturated carbocycles. The summed E-state index contributed by atoms with van der Waals surface area (Å²) in [7, 11) is 0. The summed E-state index contributed by atoms with van der Waals surface area (Å²) in [5.41, 5.74) is 8.13. The fraction of sp³-hybridized carbons (Fsp3) is 0.409. The molecule has 3 atom stereocenters. The van der Waals surface area contributed by atoms with Gasteiger partial charge in [0.05, 0.1) is 12.1 Å². The van der Waals surface area contributed by atoms with E-state index in [1.54, 1.807) is 15.5 Å². The van der Waals surface area contributed by atoms with Gasteiger partial charge in [0.1, 0.15) is 28.3 Å². The van der Waals surface area contributed by atoms with E-state index in [2.05, 4.69) is 43.2 Å². The molecule has 4 rings (SSSR count). The number of carbonyl (C=O) groups is 2. The largest absolute Gasteiger partial charge is 0.382 e. The van der Waals surface area contributed by atoms with Gasteiger partial charge in [-0.05, 0) is 65.4 Å². The quantitative estimate of drug-likeness (QED) is 0.520. The van der Waals surface area contributed by atoms with Gasteiger partial charge in [-0.3, -0.25) is 9.59 Å². The number of nitrogens with one attached hydrogen (secondary N) is 1. The van der Waals surface area contributed by atoms with E-state index in [-0.39, 0.29) is 30.2 Å². The normalized spacial score (nSPS) is 20.6. The van der Waals surface area contributed by atoms with E-state index in [4.69, 9.17) is 5.73 Å². The Morgan fingerprint density at radius 3 is 2.81 bits per heavy atom. The second kappa shape index (κ2) is 8.85. The Bertz CT molecular complexity index is 1180. The van der Waals surface area contributed by atoms with Crippen LogP contribution in [0, 0.1) is 12.8 Å². The zero-order valence-electron chi connectivity index (χ0n) is 18.2. The number of hydrogen-bond acceptors (Lipinski definition) is 6. The Kier molecular flexibility index (Phi) is 6.14. The lowest BCUT2D eigenvalue weighted by atomic mass is 9.99. The molecule has 1 saturated heterocycles. The molecule has 168 valence electrons. The maximum Gasteiger partial charge on any atom is 0.248 e. The van der Waals surface area contributed by atoms with Crippen molar-refractivity contribution in [3.8, 4) is 0 Å². The predicted octanol–water partition coefficient (Wildman–Crippen LogP) is 2.97. The second-order valence-electron chi connectivity index (χ2n) is 8.24. The van der Waals surface area contributed by atoms with Gasteiger partial charge in [-0.25, -0.2) is 14.5 Å². The number of nitrogen functional groups attached to an aromatic ring is 1. The van der Waals surface area contributed by atoms with Crippen LogP contribution in [-0.2, 0) is 16.0 Å². The summed E-state index contributed by atoms with van der Waals surface area (Å²) in [5.74, 6) is 0.723. The lowest BCUT2D eigenvalue weighted by Gasteiger charge is -2.30. The molecule has 2 amide bonds. The van der Waals surface area contributed by atoms with E-state index in [0.717, 1.165) is 12.0 Å². The number of anilines is 2. The van der Waals surface area contributed by atoms with Crippen LogP contribution in [0.1, 0.15) is 37.9 Å². The minimum atomic E-state index is -0.562. The molecule has 0 unspecified atom stereocenters. The highest BCUT2D eigenvalue weighted by molar-refractivity contribution is 9.10. The van der Waals surface area contributed by atoms with Crippen LogP contribution in [-0.4, -0.2) is 48.4 Å². The summed E-state index contributed by atoms with van der Waals surface area (Å²) in [5, 5.41) is 7.15. The molecule has 3 aromatic heterocycles. The number of aryl methyl sites for hydroxylation is 1. The number of rotatable bonds is 5. The van der Waals surface area contributed by atoms with E-state index in [0.29, 0.717) is 33.9 Å². The molecule has 0 spiro atoms. The lowest BCUT2D eigenvalue weighted by Crippen LogP contribution is -2.48. The molecule has 1 fully saturated rings. The van der Waals surface area contributed by atoms with Gasteiger partial charge in [0.25, 0.3) is 0 Å². The molecule has 0 aromatic carbocycles. The standard InChI is InChI=1S/C22H26BrN7O2/c1-4-15-13(3)9-17(22(32)28-21-12(2)5-8-18(23)27-21)29(15)19(31)10-14-6-7-16-20(24)25-11-26-30(14)16/h5-8,11,13,15,17H,4,9-10H2,1-3H3,(H2,24,25,26)(H,27,28,32)/t13-,15+,17-/m0/s1. The van der Waals surface area contributed by atoms with Gasteiger partial charge in [-0.1, -0.05) is 19.9 Å². The molecule has 0 aliphatic carbocycles. The number of pyridine rings is 1. The number of nitrogens with two attached hydrogens (primary N) is 1. The first kappa shape index (κ1) is 22.2. The van der Waals surface area contributed by atoms with Crippen molar-refractivity contribution < 1.29 is 9.59 Å². The fourth-order valence-corrected chi connectivity index (χ4v) is 4.85. The van der Waals surface area contributed by atoms with Crippen LogP contribution in [0.3, 0.4) is 0 Å². The molecule has 9 nitrogen and oxygen atoms in total. The topological polar surface area (TPSA) is 119 Å². The van der Waals surface area contributed by atoms with Gasteiger partial charge in [0, 0.05) is 6.04 Å². The van der Waals surface area contributed by atoms with Crippen molar-refractivity contribution in [1.29, 1.82) is 0 Å². The summed E-state index contributed by atoms with van der Waals surface area (Å²) in [6.07, 6.45) is 2.86. The van der Waals surface area contributed by atoms with Crippen molar-refractivity contribution in [2.45, 2.75) is 52.1 Å². The van der Waals surface area contributed by atoms with Crippen LogP contribution in [0.5, 0.6) is 0 Å². The molecule has 3 N–H and O–H groups in total. The number of nitrogens with zero attached hydrogens (tertiary/aromatic N) is 5. The Hall–Kier alpha value is -3.01. The van der Waals surface area contributed by atoms with Gasteiger partial charge in [0.15, 0.2) is 5.82 Å². The molecule has 3 aromatic rings. The number of halogens is 1. The Balaban J connectivity index is 1.59. The van der Waals surface area contributed by atoms with E-state index < -0.39 is 6.04 Å². The molecule has 1 aliphatic heterocycles. The smallest absolute Gasteiger partial charge is 0.248 e.